The lowest BCUT2D eigenvalue weighted by molar-refractivity contribution is -0.124. The first kappa shape index (κ1) is 33.0. The number of phenolic OH excluding ortho intramolecular Hbond substituents is 1. The number of amides is 1. The second-order valence-electron chi connectivity index (χ2n) is 11.9. The Morgan fingerprint density at radius 3 is 2.71 bits per heavy atom. The zero-order valence-corrected chi connectivity index (χ0v) is 26.7. The van der Waals surface area contributed by atoms with Gasteiger partial charge < -0.3 is 19.5 Å². The molecule has 45 heavy (non-hydrogen) atoms. The Morgan fingerprint density at radius 1 is 1.11 bits per heavy atom. The normalized spacial score (nSPS) is 17.5. The van der Waals surface area contributed by atoms with Crippen molar-refractivity contribution in [2.75, 3.05) is 13.7 Å². The molecule has 0 radical (unpaired) electrons. The summed E-state index contributed by atoms with van der Waals surface area (Å²) in [6, 6.07) is 11.9. The van der Waals surface area contributed by atoms with Crippen LogP contribution < -0.4 is 9.47 Å². The fourth-order valence-electron chi connectivity index (χ4n) is 4.75. The molecule has 0 unspecified atom stereocenters. The first-order valence-corrected chi connectivity index (χ1v) is 15.1. The third kappa shape index (κ3) is 9.79. The Labute approximate surface area is 265 Å². The Morgan fingerprint density at radius 2 is 1.93 bits per heavy atom. The van der Waals surface area contributed by atoms with Crippen molar-refractivity contribution in [2.45, 2.75) is 60.0 Å². The van der Waals surface area contributed by atoms with E-state index in [0.29, 0.717) is 30.3 Å². The Hall–Kier alpha value is -4.92. The van der Waals surface area contributed by atoms with Crippen molar-refractivity contribution in [3.8, 4) is 17.2 Å². The molecule has 0 spiro atoms. The van der Waals surface area contributed by atoms with E-state index in [4.69, 9.17) is 9.47 Å². The Balaban J connectivity index is 1.34. The maximum absolute atomic E-state index is 13.2. The number of aromatic nitrogens is 3. The van der Waals surface area contributed by atoms with E-state index in [2.05, 4.69) is 43.2 Å². The monoisotopic (exact) mass is 610 g/mol. The van der Waals surface area contributed by atoms with Gasteiger partial charge in [0.05, 0.1) is 32.0 Å². The summed E-state index contributed by atoms with van der Waals surface area (Å²) < 4.78 is 12.7. The molecule has 9 heteroatoms. The van der Waals surface area contributed by atoms with Gasteiger partial charge >= 0.3 is 0 Å². The van der Waals surface area contributed by atoms with Crippen LogP contribution in [-0.4, -0.2) is 50.4 Å². The van der Waals surface area contributed by atoms with Crippen LogP contribution in [0.3, 0.4) is 0 Å². The third-order valence-corrected chi connectivity index (χ3v) is 7.57. The summed E-state index contributed by atoms with van der Waals surface area (Å²) in [6.45, 7) is 9.33. The molecule has 4 rings (SSSR count). The number of nitrogens with zero attached hydrogens (tertiary/aromatic N) is 4. The van der Waals surface area contributed by atoms with E-state index in [0.717, 1.165) is 30.5 Å². The number of carbonyl (C=O) groups excluding carboxylic acids is 2. The average Bonchev–Trinajstić information content (AvgIpc) is 3.47. The van der Waals surface area contributed by atoms with Gasteiger partial charge in [-0.2, -0.15) is 0 Å². The van der Waals surface area contributed by atoms with Gasteiger partial charge in [0.25, 0.3) is 5.91 Å². The van der Waals surface area contributed by atoms with Crippen LogP contribution in [0.2, 0.25) is 0 Å². The van der Waals surface area contributed by atoms with Crippen LogP contribution >= 0.6 is 0 Å². The van der Waals surface area contributed by atoms with Crippen LogP contribution in [-0.2, 0) is 17.9 Å². The van der Waals surface area contributed by atoms with Crippen molar-refractivity contribution >= 4 is 17.8 Å². The molecule has 1 N–H and O–H groups in total. The number of carbonyl (C=O) groups is 2. The fraction of sp³-hybridized carbons (Fsp3) is 0.333. The zero-order chi connectivity index (χ0) is 32.4. The lowest BCUT2D eigenvalue weighted by Gasteiger charge is -2.23. The highest BCUT2D eigenvalue weighted by molar-refractivity contribution is 6.08. The molecular weight excluding hydrogens is 568 g/mol. The van der Waals surface area contributed by atoms with E-state index >= 15 is 0 Å². The van der Waals surface area contributed by atoms with Gasteiger partial charge in [-0.3, -0.25) is 9.59 Å². The van der Waals surface area contributed by atoms with Crippen molar-refractivity contribution in [1.82, 2.24) is 19.9 Å². The number of rotatable bonds is 10. The predicted molar refractivity (Wildman–Crippen MR) is 175 cm³/mol. The maximum Gasteiger partial charge on any atom is 0.250 e. The van der Waals surface area contributed by atoms with Gasteiger partial charge in [0.1, 0.15) is 29.5 Å². The second-order valence-corrected chi connectivity index (χ2v) is 11.9. The number of hydrogen-bond acceptors (Lipinski definition) is 7. The molecule has 1 aliphatic heterocycles. The lowest BCUT2D eigenvalue weighted by atomic mass is 9.87. The second kappa shape index (κ2) is 15.2. The topological polar surface area (TPSA) is 107 Å². The summed E-state index contributed by atoms with van der Waals surface area (Å²) >= 11 is 0. The molecule has 236 valence electrons. The molecule has 2 heterocycles. The van der Waals surface area contributed by atoms with Crippen LogP contribution in [0.4, 0.5) is 0 Å². The zero-order valence-electron chi connectivity index (χ0n) is 26.7. The Kier molecular flexibility index (Phi) is 11.1. The molecule has 1 aromatic heterocycles. The molecule has 9 nitrogen and oxygen atoms in total. The van der Waals surface area contributed by atoms with Crippen LogP contribution in [0.15, 0.2) is 90.3 Å². The van der Waals surface area contributed by atoms with E-state index in [9.17, 15) is 14.7 Å². The van der Waals surface area contributed by atoms with Gasteiger partial charge in [-0.05, 0) is 74.4 Å². The fourth-order valence-corrected chi connectivity index (χ4v) is 4.75. The van der Waals surface area contributed by atoms with Gasteiger partial charge in [0.15, 0.2) is 5.78 Å². The van der Waals surface area contributed by atoms with E-state index in [-0.39, 0.29) is 35.0 Å². The molecule has 0 fully saturated rings. The van der Waals surface area contributed by atoms with Gasteiger partial charge in [0.2, 0.25) is 0 Å². The Bertz CT molecular complexity index is 1630. The summed E-state index contributed by atoms with van der Waals surface area (Å²) in [6.07, 6.45) is 15.6. The summed E-state index contributed by atoms with van der Waals surface area (Å²) in [5, 5.41) is 19.0. The number of ketones is 1. The highest BCUT2D eigenvalue weighted by atomic mass is 16.5. The minimum Gasteiger partial charge on any atom is -0.507 e. The lowest BCUT2D eigenvalue weighted by Crippen LogP contribution is -2.28. The van der Waals surface area contributed by atoms with Crippen LogP contribution in [0.1, 0.15) is 68.6 Å². The van der Waals surface area contributed by atoms with E-state index in [1.807, 2.05) is 37.3 Å². The van der Waals surface area contributed by atoms with Gasteiger partial charge in [0, 0.05) is 17.8 Å². The summed E-state index contributed by atoms with van der Waals surface area (Å²) in [5.41, 5.74) is 3.75. The molecule has 2 aromatic carbocycles. The van der Waals surface area contributed by atoms with Crippen LogP contribution in [0.25, 0.3) is 6.08 Å². The molecule has 3 aromatic rings. The number of allylic oxidation sites excluding steroid dienone is 6. The first-order valence-electron chi connectivity index (χ1n) is 15.1. The van der Waals surface area contributed by atoms with E-state index in [1.54, 1.807) is 41.1 Å². The van der Waals surface area contributed by atoms with Gasteiger partial charge in [-0.25, -0.2) is 4.68 Å². The SMILES string of the molecule is COc1cccc(/C=C/C(=O)c2ccc(OCCn3cc(CN4C(=O)/C=C/C(C)(C)C/C=C(\C)CCC=C4C)nn3)cc2O)c1. The van der Waals surface area contributed by atoms with E-state index < -0.39 is 0 Å². The molecule has 1 aliphatic rings. The maximum atomic E-state index is 13.2. The molecular formula is C36H42N4O5. The standard InChI is InChI=1S/C36H42N4O5/c1-26-8-6-9-27(2)40(35(43)17-19-36(3,4)18-16-26)25-29-24-39(38-37-29)20-21-45-31-13-14-32(34(42)23-31)33(41)15-12-28-10-7-11-30(22-28)44-5/h7,9-17,19,22-24,42H,6,8,18,20-21,25H2,1-5H3/b15-12+,19-17+,26-16+,27-9?. The van der Waals surface area contributed by atoms with Gasteiger partial charge in [-0.15, -0.1) is 5.10 Å². The quantitative estimate of drug-likeness (QED) is 0.151. The summed E-state index contributed by atoms with van der Waals surface area (Å²) in [7, 11) is 1.58. The number of aromatic hydroxyl groups is 1. The van der Waals surface area contributed by atoms with Crippen molar-refractivity contribution < 1.29 is 24.2 Å². The van der Waals surface area contributed by atoms with Crippen LogP contribution in [0, 0.1) is 5.41 Å². The van der Waals surface area contributed by atoms with Crippen LogP contribution in [0.5, 0.6) is 17.2 Å². The minimum absolute atomic E-state index is 0.0893. The summed E-state index contributed by atoms with van der Waals surface area (Å²) in [5.74, 6) is 0.528. The minimum atomic E-state index is -0.330. The first-order chi connectivity index (χ1) is 21.5. The molecule has 1 amide bonds. The van der Waals surface area contributed by atoms with Crippen molar-refractivity contribution in [3.63, 3.8) is 0 Å². The number of benzene rings is 2. The van der Waals surface area contributed by atoms with E-state index in [1.165, 1.54) is 23.8 Å². The largest absolute Gasteiger partial charge is 0.507 e. The number of hydrogen-bond donors (Lipinski definition) is 1. The number of ether oxygens (including phenoxy) is 2. The summed E-state index contributed by atoms with van der Waals surface area (Å²) in [4.78, 5) is 27.6. The molecule has 0 bridgehead atoms. The molecule has 0 saturated carbocycles. The molecule has 0 atom stereocenters. The third-order valence-electron chi connectivity index (χ3n) is 7.57. The highest BCUT2D eigenvalue weighted by Crippen LogP contribution is 2.27. The van der Waals surface area contributed by atoms with Crippen molar-refractivity contribution in [2.24, 2.45) is 5.41 Å². The highest BCUT2D eigenvalue weighted by Gasteiger charge is 2.19. The number of phenols is 1. The van der Waals surface area contributed by atoms with Crippen molar-refractivity contribution in [1.29, 1.82) is 0 Å². The molecule has 0 aliphatic carbocycles. The van der Waals surface area contributed by atoms with Crippen molar-refractivity contribution in [3.05, 3.63) is 107 Å². The van der Waals surface area contributed by atoms with Gasteiger partial charge in [-0.1, -0.05) is 61.1 Å². The average molecular weight is 611 g/mol. The smallest absolute Gasteiger partial charge is 0.250 e. The number of methoxy groups -OCH3 is 1. The predicted octanol–water partition coefficient (Wildman–Crippen LogP) is 6.91. The molecule has 0 saturated heterocycles.